The number of piperidine rings is 1. The molecular weight excluding hydrogens is 432 g/mol. The minimum Gasteiger partial charge on any atom is -0.481 e. The van der Waals surface area contributed by atoms with Crippen LogP contribution in [0.4, 0.5) is 4.79 Å². The van der Waals surface area contributed by atoms with E-state index < -0.39 is 24.0 Å². The Morgan fingerprint density at radius 1 is 1.06 bits per heavy atom. The molecule has 1 fully saturated rings. The third-order valence-corrected chi connectivity index (χ3v) is 6.57. The number of alkyl carbamates (subject to hydrolysis) is 1. The Balaban J connectivity index is 1.39. The third-order valence-electron chi connectivity index (χ3n) is 6.57. The molecule has 7 heteroatoms. The molecule has 1 atom stereocenters. The Morgan fingerprint density at radius 2 is 1.65 bits per heavy atom. The lowest BCUT2D eigenvalue weighted by molar-refractivity contribution is -0.146. The second kappa shape index (κ2) is 10.4. The van der Waals surface area contributed by atoms with E-state index in [9.17, 15) is 19.5 Å². The largest absolute Gasteiger partial charge is 0.481 e. The number of fused-ring (bicyclic) bond motifs is 3. The van der Waals surface area contributed by atoms with Gasteiger partial charge in [-0.25, -0.2) is 4.79 Å². The standard InChI is InChI=1S/C27H28N2O5/c1-2-3-12-24(25(30)29-15-13-18(14-16-29)26(31)32)28-27(33)34-17-23-21-10-6-4-8-19(21)20-9-5-7-11-22(20)23/h4-11,18,23-24H,12-17H2,1H3,(H,28,33)(H,31,32). The molecule has 2 aliphatic rings. The van der Waals surface area contributed by atoms with E-state index in [1.54, 1.807) is 11.8 Å². The Morgan fingerprint density at radius 3 is 2.21 bits per heavy atom. The number of benzene rings is 2. The van der Waals surface area contributed by atoms with Crippen LogP contribution in [-0.2, 0) is 14.3 Å². The first-order valence-electron chi connectivity index (χ1n) is 11.5. The van der Waals surface area contributed by atoms with Crippen molar-refractivity contribution in [2.45, 2.75) is 38.1 Å². The summed E-state index contributed by atoms with van der Waals surface area (Å²) in [5.74, 6) is 4.01. The first kappa shape index (κ1) is 23.4. The second-order valence-electron chi connectivity index (χ2n) is 8.59. The van der Waals surface area contributed by atoms with Gasteiger partial charge in [0.2, 0.25) is 5.91 Å². The fourth-order valence-corrected chi connectivity index (χ4v) is 4.75. The molecule has 2 aromatic rings. The van der Waals surface area contributed by atoms with Gasteiger partial charge in [-0.2, -0.15) is 0 Å². The summed E-state index contributed by atoms with van der Waals surface area (Å²) in [5.41, 5.74) is 4.51. The molecule has 1 heterocycles. The van der Waals surface area contributed by atoms with Gasteiger partial charge in [0.15, 0.2) is 0 Å². The number of amides is 2. The Labute approximate surface area is 199 Å². The summed E-state index contributed by atoms with van der Waals surface area (Å²) in [7, 11) is 0. The number of hydrogen-bond donors (Lipinski definition) is 2. The van der Waals surface area contributed by atoms with Crippen LogP contribution in [0.5, 0.6) is 0 Å². The average Bonchev–Trinajstić information content (AvgIpc) is 3.18. The molecule has 1 saturated heterocycles. The molecule has 34 heavy (non-hydrogen) atoms. The molecule has 0 saturated carbocycles. The van der Waals surface area contributed by atoms with Gasteiger partial charge in [-0.05, 0) is 42.0 Å². The predicted octanol–water partition coefficient (Wildman–Crippen LogP) is 3.63. The predicted molar refractivity (Wildman–Crippen MR) is 127 cm³/mol. The molecule has 7 nitrogen and oxygen atoms in total. The highest BCUT2D eigenvalue weighted by Crippen LogP contribution is 2.44. The van der Waals surface area contributed by atoms with E-state index in [2.05, 4.69) is 29.3 Å². The number of likely N-dealkylation sites (tertiary alicyclic amines) is 1. The number of ether oxygens (including phenoxy) is 1. The zero-order valence-corrected chi connectivity index (χ0v) is 19.1. The average molecular weight is 461 g/mol. The van der Waals surface area contributed by atoms with Crippen molar-refractivity contribution in [1.29, 1.82) is 0 Å². The number of nitrogens with one attached hydrogen (secondary N) is 1. The van der Waals surface area contributed by atoms with Crippen LogP contribution in [0.2, 0.25) is 0 Å². The van der Waals surface area contributed by atoms with Crippen LogP contribution in [-0.4, -0.2) is 53.7 Å². The first-order valence-corrected chi connectivity index (χ1v) is 11.5. The van der Waals surface area contributed by atoms with Crippen LogP contribution in [0.3, 0.4) is 0 Å². The molecule has 1 unspecified atom stereocenters. The number of nitrogens with zero attached hydrogens (tertiary/aromatic N) is 1. The zero-order chi connectivity index (χ0) is 24.1. The second-order valence-corrected chi connectivity index (χ2v) is 8.59. The lowest BCUT2D eigenvalue weighted by Gasteiger charge is -2.32. The highest BCUT2D eigenvalue weighted by molar-refractivity contribution is 5.86. The summed E-state index contributed by atoms with van der Waals surface area (Å²) in [4.78, 5) is 38.5. The number of carbonyl (C=O) groups excluding carboxylic acids is 2. The lowest BCUT2D eigenvalue weighted by Crippen LogP contribution is -2.51. The van der Waals surface area contributed by atoms with Gasteiger partial charge in [0.05, 0.1) is 5.92 Å². The fourth-order valence-electron chi connectivity index (χ4n) is 4.75. The van der Waals surface area contributed by atoms with Gasteiger partial charge < -0.3 is 20.1 Å². The van der Waals surface area contributed by atoms with Gasteiger partial charge in [0.25, 0.3) is 0 Å². The number of rotatable bonds is 6. The van der Waals surface area contributed by atoms with Crippen LogP contribution < -0.4 is 5.32 Å². The fraction of sp³-hybridized carbons (Fsp3) is 0.370. The summed E-state index contributed by atoms with van der Waals surface area (Å²) in [6.45, 7) is 2.52. The van der Waals surface area contributed by atoms with Crippen molar-refractivity contribution < 1.29 is 24.2 Å². The van der Waals surface area contributed by atoms with Crippen molar-refractivity contribution in [3.63, 3.8) is 0 Å². The number of carbonyl (C=O) groups is 3. The molecule has 2 amide bonds. The number of carboxylic acids is 1. The van der Waals surface area contributed by atoms with Crippen LogP contribution in [0.25, 0.3) is 11.1 Å². The van der Waals surface area contributed by atoms with E-state index in [1.807, 2.05) is 36.4 Å². The monoisotopic (exact) mass is 460 g/mol. The summed E-state index contributed by atoms with van der Waals surface area (Å²) in [6.07, 6.45) is 0.299. The molecule has 0 spiro atoms. The summed E-state index contributed by atoms with van der Waals surface area (Å²) in [5, 5.41) is 11.9. The molecule has 0 bridgehead atoms. The lowest BCUT2D eigenvalue weighted by atomic mass is 9.96. The van der Waals surface area contributed by atoms with E-state index in [-0.39, 0.29) is 24.9 Å². The normalized spacial score (nSPS) is 16.0. The molecule has 0 aromatic heterocycles. The number of hydrogen-bond acceptors (Lipinski definition) is 4. The van der Waals surface area contributed by atoms with Crippen molar-refractivity contribution in [1.82, 2.24) is 10.2 Å². The van der Waals surface area contributed by atoms with Gasteiger partial charge in [0.1, 0.15) is 12.6 Å². The molecule has 1 aliphatic heterocycles. The van der Waals surface area contributed by atoms with Crippen molar-refractivity contribution in [2.75, 3.05) is 19.7 Å². The molecule has 176 valence electrons. The first-order chi connectivity index (χ1) is 16.5. The van der Waals surface area contributed by atoms with Crippen molar-refractivity contribution in [2.24, 2.45) is 5.92 Å². The van der Waals surface area contributed by atoms with E-state index in [0.29, 0.717) is 25.9 Å². The maximum Gasteiger partial charge on any atom is 0.407 e. The summed E-state index contributed by atoms with van der Waals surface area (Å²) < 4.78 is 5.59. The van der Waals surface area contributed by atoms with Crippen LogP contribution >= 0.6 is 0 Å². The van der Waals surface area contributed by atoms with Gasteiger partial charge >= 0.3 is 12.1 Å². The Hall–Kier alpha value is -3.79. The summed E-state index contributed by atoms with van der Waals surface area (Å²) >= 11 is 0. The van der Waals surface area contributed by atoms with Crippen LogP contribution in [0.1, 0.15) is 43.2 Å². The van der Waals surface area contributed by atoms with E-state index in [4.69, 9.17) is 4.74 Å². The Kier molecular flexibility index (Phi) is 7.17. The van der Waals surface area contributed by atoms with Crippen LogP contribution in [0.15, 0.2) is 48.5 Å². The zero-order valence-electron chi connectivity index (χ0n) is 19.1. The SMILES string of the molecule is CC#CCC(NC(=O)OCC1c2ccccc2-c2ccccc21)C(=O)N1CCC(C(=O)O)CC1. The molecule has 1 aliphatic carbocycles. The van der Waals surface area contributed by atoms with E-state index in [1.165, 1.54) is 0 Å². The maximum absolute atomic E-state index is 13.0. The van der Waals surface area contributed by atoms with Crippen molar-refractivity contribution in [3.05, 3.63) is 59.7 Å². The maximum atomic E-state index is 13.0. The Bertz CT molecular complexity index is 1100. The number of aliphatic carboxylic acids is 1. The highest BCUT2D eigenvalue weighted by atomic mass is 16.5. The topological polar surface area (TPSA) is 95.9 Å². The van der Waals surface area contributed by atoms with Gasteiger partial charge in [-0.3, -0.25) is 9.59 Å². The molecule has 0 radical (unpaired) electrons. The van der Waals surface area contributed by atoms with E-state index in [0.717, 1.165) is 22.3 Å². The molecule has 2 aromatic carbocycles. The number of carboxylic acid groups (broad SMARTS) is 1. The molecular formula is C27H28N2O5. The minimum absolute atomic E-state index is 0.0715. The quantitative estimate of drug-likeness (QED) is 0.642. The highest BCUT2D eigenvalue weighted by Gasteiger charge is 2.32. The van der Waals surface area contributed by atoms with Crippen LogP contribution in [0, 0.1) is 17.8 Å². The van der Waals surface area contributed by atoms with E-state index >= 15 is 0 Å². The minimum atomic E-state index is -0.843. The van der Waals surface area contributed by atoms with Gasteiger partial charge in [-0.1, -0.05) is 48.5 Å². The summed E-state index contributed by atoms with van der Waals surface area (Å²) in [6, 6.07) is 15.3. The van der Waals surface area contributed by atoms with Crippen molar-refractivity contribution in [3.8, 4) is 23.0 Å². The van der Waals surface area contributed by atoms with Crippen molar-refractivity contribution >= 4 is 18.0 Å². The third kappa shape index (κ3) is 4.91. The van der Waals surface area contributed by atoms with Gasteiger partial charge in [0, 0.05) is 25.4 Å². The van der Waals surface area contributed by atoms with Gasteiger partial charge in [-0.15, -0.1) is 11.8 Å². The molecule has 4 rings (SSSR count). The smallest absolute Gasteiger partial charge is 0.407 e. The molecule has 2 N–H and O–H groups in total.